The number of fused-ring (bicyclic) bond motifs is 1. The van der Waals surface area contributed by atoms with E-state index in [0.717, 1.165) is 11.1 Å². The molecule has 0 fully saturated rings. The molecule has 0 aliphatic carbocycles. The summed E-state index contributed by atoms with van der Waals surface area (Å²) in [7, 11) is -3.60. The van der Waals surface area contributed by atoms with E-state index in [1.807, 2.05) is 20.8 Å². The molecule has 0 saturated heterocycles. The van der Waals surface area contributed by atoms with Crippen molar-refractivity contribution < 1.29 is 23.2 Å². The van der Waals surface area contributed by atoms with Crippen molar-refractivity contribution in [3.05, 3.63) is 29.3 Å². The topological polar surface area (TPSA) is 95.9 Å². The van der Waals surface area contributed by atoms with Crippen LogP contribution in [0.5, 0.6) is 0 Å². The second kappa shape index (κ2) is 6.34. The average molecular weight is 356 g/mol. The molecule has 0 spiro atoms. The zero-order valence-electron chi connectivity index (χ0n) is 14.5. The van der Waals surface area contributed by atoms with Crippen molar-refractivity contribution in [3.8, 4) is 0 Å². The molecule has 1 aromatic carbocycles. The first-order valence-corrected chi connectivity index (χ1v) is 9.23. The number of benzene rings is 1. The van der Waals surface area contributed by atoms with Crippen LogP contribution >= 0.6 is 0 Å². The molecule has 134 valence electrons. The summed E-state index contributed by atoms with van der Waals surface area (Å²) < 4.78 is 27.2. The zero-order chi connectivity index (χ0) is 18.3. The summed E-state index contributed by atoms with van der Waals surface area (Å²) in [5.74, 6) is 0. The van der Waals surface area contributed by atoms with E-state index in [4.69, 9.17) is 9.94 Å². The normalized spacial score (nSPS) is 18.7. The lowest BCUT2D eigenvalue weighted by Gasteiger charge is -2.33. The van der Waals surface area contributed by atoms with E-state index in [0.29, 0.717) is 0 Å². The molecular formula is C16H24N2O5S. The van der Waals surface area contributed by atoms with Crippen molar-refractivity contribution >= 4 is 16.2 Å². The summed E-state index contributed by atoms with van der Waals surface area (Å²) in [6.45, 7) is 9.67. The molecule has 1 aromatic rings. The number of hydroxylamine groups is 2. The third-order valence-corrected chi connectivity index (χ3v) is 5.40. The molecule has 7 nitrogen and oxygen atoms in total. The summed E-state index contributed by atoms with van der Waals surface area (Å²) >= 11 is 0. The van der Waals surface area contributed by atoms with Gasteiger partial charge >= 0.3 is 6.16 Å². The number of nitrogens with one attached hydrogen (secondary N) is 1. The van der Waals surface area contributed by atoms with Crippen LogP contribution in [-0.4, -0.2) is 30.8 Å². The fraction of sp³-hybridized carbons (Fsp3) is 0.562. The Kier molecular flexibility index (Phi) is 4.94. The van der Waals surface area contributed by atoms with Crippen molar-refractivity contribution in [3.63, 3.8) is 0 Å². The van der Waals surface area contributed by atoms with Gasteiger partial charge in [0.05, 0.1) is 17.5 Å². The maximum atomic E-state index is 12.3. The van der Waals surface area contributed by atoms with Gasteiger partial charge < -0.3 is 9.94 Å². The van der Waals surface area contributed by atoms with E-state index >= 15 is 0 Å². The van der Waals surface area contributed by atoms with Gasteiger partial charge in [0.25, 0.3) is 0 Å². The van der Waals surface area contributed by atoms with Crippen LogP contribution in [0, 0.1) is 5.41 Å². The lowest BCUT2D eigenvalue weighted by molar-refractivity contribution is -0.169. The van der Waals surface area contributed by atoms with Gasteiger partial charge in [-0.05, 0) is 42.5 Å². The minimum Gasteiger partial charge on any atom is -0.448 e. The summed E-state index contributed by atoms with van der Waals surface area (Å²) in [4.78, 5) is 16.0. The molecule has 24 heavy (non-hydrogen) atoms. The quantitative estimate of drug-likeness (QED) is 0.861. The minimum atomic E-state index is -3.60. The Morgan fingerprint density at radius 2 is 2.00 bits per heavy atom. The van der Waals surface area contributed by atoms with Gasteiger partial charge in [-0.2, -0.15) is 0 Å². The minimum absolute atomic E-state index is 0.166. The molecule has 0 amide bonds. The number of nitrogens with zero attached hydrogens (tertiary/aromatic N) is 1. The zero-order valence-corrected chi connectivity index (χ0v) is 15.3. The Morgan fingerprint density at radius 3 is 2.50 bits per heavy atom. The molecule has 8 heteroatoms. The highest BCUT2D eigenvalue weighted by Gasteiger charge is 2.41. The Labute approximate surface area is 142 Å². The van der Waals surface area contributed by atoms with Gasteiger partial charge in [0.15, 0.2) is 0 Å². The number of rotatable bonds is 4. The smallest absolute Gasteiger partial charge is 0.448 e. The first-order chi connectivity index (χ1) is 10.9. The lowest BCUT2D eigenvalue weighted by atomic mass is 9.83. The predicted octanol–water partition coefficient (Wildman–Crippen LogP) is 2.89. The van der Waals surface area contributed by atoms with Gasteiger partial charge in [-0.15, -0.1) is 5.06 Å². The standard InChI is InChI=1S/C16H24N2O5S/c1-10(2)17-24(21,22)12-6-7-13-11(8-12)9-18(23-15(19)20)14(13)16(3,4)5/h6-8,10,14,17H,9H2,1-5H3,(H,19,20). The van der Waals surface area contributed by atoms with E-state index in [-0.39, 0.29) is 28.9 Å². The number of carbonyl (C=O) groups is 1. The summed E-state index contributed by atoms with van der Waals surface area (Å²) in [5, 5.41) is 10.3. The van der Waals surface area contributed by atoms with Gasteiger partial charge in [0.2, 0.25) is 10.0 Å². The van der Waals surface area contributed by atoms with Gasteiger partial charge in [-0.3, -0.25) is 0 Å². The van der Waals surface area contributed by atoms with Crippen LogP contribution in [0.2, 0.25) is 0 Å². The molecule has 1 atom stereocenters. The van der Waals surface area contributed by atoms with Crippen molar-refractivity contribution in [1.29, 1.82) is 0 Å². The molecule has 0 bridgehead atoms. The summed E-state index contributed by atoms with van der Waals surface area (Å²) in [6, 6.07) is 4.39. The van der Waals surface area contributed by atoms with Crippen molar-refractivity contribution in [2.75, 3.05) is 0 Å². The van der Waals surface area contributed by atoms with Crippen LogP contribution in [0.4, 0.5) is 4.79 Å². The number of sulfonamides is 1. The highest BCUT2D eigenvalue weighted by Crippen LogP contribution is 2.45. The van der Waals surface area contributed by atoms with Crippen LogP contribution in [0.3, 0.4) is 0 Å². The highest BCUT2D eigenvalue weighted by molar-refractivity contribution is 7.89. The van der Waals surface area contributed by atoms with E-state index in [9.17, 15) is 13.2 Å². The maximum Gasteiger partial charge on any atom is 0.525 e. The predicted molar refractivity (Wildman–Crippen MR) is 88.7 cm³/mol. The average Bonchev–Trinajstić information content (AvgIpc) is 2.72. The van der Waals surface area contributed by atoms with E-state index in [1.54, 1.807) is 32.0 Å². The third-order valence-electron chi connectivity index (χ3n) is 3.74. The Bertz CT molecular complexity index is 737. The van der Waals surface area contributed by atoms with Crippen LogP contribution in [-0.2, 0) is 21.4 Å². The van der Waals surface area contributed by atoms with Crippen LogP contribution < -0.4 is 4.72 Å². The van der Waals surface area contributed by atoms with Crippen molar-refractivity contribution in [1.82, 2.24) is 9.79 Å². The second-order valence-electron chi connectivity index (χ2n) is 7.34. The third kappa shape index (κ3) is 3.88. The largest absolute Gasteiger partial charge is 0.525 e. The molecule has 0 aromatic heterocycles. The first kappa shape index (κ1) is 18.7. The SMILES string of the molecule is CC(C)NS(=O)(=O)c1ccc2c(c1)CN(OC(=O)O)C2C(C)(C)C. The summed E-state index contributed by atoms with van der Waals surface area (Å²) in [6.07, 6.45) is -1.38. The van der Waals surface area contributed by atoms with Crippen LogP contribution in [0.15, 0.2) is 23.1 Å². The summed E-state index contributed by atoms with van der Waals surface area (Å²) in [5.41, 5.74) is 1.35. The van der Waals surface area contributed by atoms with Gasteiger partial charge in [0, 0.05) is 6.04 Å². The number of hydrogen-bond acceptors (Lipinski definition) is 5. The molecule has 2 N–H and O–H groups in total. The number of hydrogen-bond donors (Lipinski definition) is 2. The van der Waals surface area contributed by atoms with Crippen LogP contribution in [0.25, 0.3) is 0 Å². The lowest BCUT2D eigenvalue weighted by Crippen LogP contribution is -2.33. The monoisotopic (exact) mass is 356 g/mol. The molecule has 2 rings (SSSR count). The molecule has 0 radical (unpaired) electrons. The maximum absolute atomic E-state index is 12.3. The molecule has 1 aliphatic rings. The first-order valence-electron chi connectivity index (χ1n) is 7.74. The molecule has 1 unspecified atom stereocenters. The fourth-order valence-corrected chi connectivity index (χ4v) is 4.33. The Balaban J connectivity index is 2.43. The van der Waals surface area contributed by atoms with Crippen LogP contribution in [0.1, 0.15) is 51.8 Å². The Hall–Kier alpha value is -1.64. The van der Waals surface area contributed by atoms with Crippen molar-refractivity contribution in [2.45, 2.75) is 58.1 Å². The van der Waals surface area contributed by atoms with E-state index in [2.05, 4.69) is 4.72 Å². The van der Waals surface area contributed by atoms with Gasteiger partial charge in [-0.1, -0.05) is 26.8 Å². The van der Waals surface area contributed by atoms with E-state index < -0.39 is 16.2 Å². The fourth-order valence-electron chi connectivity index (χ4n) is 3.03. The molecular weight excluding hydrogens is 332 g/mol. The van der Waals surface area contributed by atoms with E-state index in [1.165, 1.54) is 5.06 Å². The molecule has 0 saturated carbocycles. The number of carboxylic acid groups (broad SMARTS) is 1. The van der Waals surface area contributed by atoms with Gasteiger partial charge in [0.1, 0.15) is 0 Å². The Morgan fingerprint density at radius 1 is 1.38 bits per heavy atom. The highest BCUT2D eigenvalue weighted by atomic mass is 32.2. The second-order valence-corrected chi connectivity index (χ2v) is 9.05. The van der Waals surface area contributed by atoms with Gasteiger partial charge in [-0.25, -0.2) is 17.9 Å². The molecule has 1 heterocycles. The molecule has 1 aliphatic heterocycles. The van der Waals surface area contributed by atoms with Crippen molar-refractivity contribution in [2.24, 2.45) is 5.41 Å².